The van der Waals surface area contributed by atoms with Crippen LogP contribution in [0, 0.1) is 0 Å². The first-order valence-electron chi connectivity index (χ1n) is 4.54. The summed E-state index contributed by atoms with van der Waals surface area (Å²) in [6.45, 7) is 0.343. The molecule has 1 aromatic heterocycles. The SMILES string of the molecule is O=Cc1cccc(OCn2cccn2)c1. The van der Waals surface area contributed by atoms with E-state index >= 15 is 0 Å². The van der Waals surface area contributed by atoms with E-state index in [4.69, 9.17) is 4.74 Å². The third kappa shape index (κ3) is 2.43. The summed E-state index contributed by atoms with van der Waals surface area (Å²) in [5.41, 5.74) is 0.605. The van der Waals surface area contributed by atoms with Crippen LogP contribution in [0.3, 0.4) is 0 Å². The number of aldehydes is 1. The molecule has 0 saturated heterocycles. The van der Waals surface area contributed by atoms with Crippen LogP contribution in [0.2, 0.25) is 0 Å². The van der Waals surface area contributed by atoms with Crippen molar-refractivity contribution in [2.24, 2.45) is 0 Å². The fourth-order valence-corrected chi connectivity index (χ4v) is 1.20. The number of nitrogens with zero attached hydrogens (tertiary/aromatic N) is 2. The highest BCUT2D eigenvalue weighted by Crippen LogP contribution is 2.12. The van der Waals surface area contributed by atoms with E-state index in [1.807, 2.05) is 12.3 Å². The van der Waals surface area contributed by atoms with Gasteiger partial charge < -0.3 is 4.74 Å². The van der Waals surface area contributed by atoms with Crippen molar-refractivity contribution < 1.29 is 9.53 Å². The van der Waals surface area contributed by atoms with Gasteiger partial charge in [0.15, 0.2) is 6.73 Å². The van der Waals surface area contributed by atoms with Crippen molar-refractivity contribution in [3.8, 4) is 5.75 Å². The average Bonchev–Trinajstić information content (AvgIpc) is 2.79. The number of benzene rings is 1. The van der Waals surface area contributed by atoms with Crippen molar-refractivity contribution in [2.75, 3.05) is 0 Å². The number of aromatic nitrogens is 2. The standard InChI is InChI=1S/C11H10N2O2/c14-8-10-3-1-4-11(7-10)15-9-13-6-2-5-12-13/h1-8H,9H2. The van der Waals surface area contributed by atoms with Gasteiger partial charge in [0.1, 0.15) is 12.0 Å². The molecule has 0 bridgehead atoms. The molecule has 0 spiro atoms. The summed E-state index contributed by atoms with van der Waals surface area (Å²) in [7, 11) is 0. The van der Waals surface area contributed by atoms with Crippen molar-refractivity contribution in [2.45, 2.75) is 6.73 Å². The smallest absolute Gasteiger partial charge is 0.180 e. The minimum absolute atomic E-state index is 0.343. The second kappa shape index (κ2) is 4.41. The van der Waals surface area contributed by atoms with Gasteiger partial charge in [-0.1, -0.05) is 12.1 Å². The number of hydrogen-bond acceptors (Lipinski definition) is 3. The lowest BCUT2D eigenvalue weighted by Crippen LogP contribution is -2.05. The summed E-state index contributed by atoms with van der Waals surface area (Å²) in [6, 6.07) is 8.83. The van der Waals surface area contributed by atoms with Crippen LogP contribution in [0.25, 0.3) is 0 Å². The highest BCUT2D eigenvalue weighted by Gasteiger charge is 1.96. The Hall–Kier alpha value is -2.10. The zero-order valence-corrected chi connectivity index (χ0v) is 8.04. The molecule has 1 heterocycles. The van der Waals surface area contributed by atoms with Gasteiger partial charge in [-0.2, -0.15) is 5.10 Å². The molecular weight excluding hydrogens is 192 g/mol. The quantitative estimate of drug-likeness (QED) is 0.709. The summed E-state index contributed by atoms with van der Waals surface area (Å²) >= 11 is 0. The molecule has 0 fully saturated rings. The zero-order valence-electron chi connectivity index (χ0n) is 8.04. The zero-order chi connectivity index (χ0) is 10.5. The first-order chi connectivity index (χ1) is 7.38. The van der Waals surface area contributed by atoms with Crippen LogP contribution in [0.5, 0.6) is 5.75 Å². The van der Waals surface area contributed by atoms with Crippen molar-refractivity contribution >= 4 is 6.29 Å². The van der Waals surface area contributed by atoms with Crippen molar-refractivity contribution in [3.63, 3.8) is 0 Å². The summed E-state index contributed by atoms with van der Waals surface area (Å²) in [4.78, 5) is 10.5. The van der Waals surface area contributed by atoms with Crippen LogP contribution < -0.4 is 4.74 Å². The van der Waals surface area contributed by atoms with Gasteiger partial charge in [-0.25, -0.2) is 4.68 Å². The maximum atomic E-state index is 10.5. The van der Waals surface area contributed by atoms with Crippen LogP contribution in [-0.2, 0) is 6.73 Å². The molecule has 4 heteroatoms. The molecule has 2 aromatic rings. The number of carbonyl (C=O) groups excluding carboxylic acids is 1. The van der Waals surface area contributed by atoms with Crippen LogP contribution >= 0.6 is 0 Å². The number of carbonyl (C=O) groups is 1. The van der Waals surface area contributed by atoms with Crippen molar-refractivity contribution in [1.82, 2.24) is 9.78 Å². The lowest BCUT2D eigenvalue weighted by Gasteiger charge is -2.05. The van der Waals surface area contributed by atoms with E-state index < -0.39 is 0 Å². The summed E-state index contributed by atoms with van der Waals surface area (Å²) in [6.07, 6.45) is 4.29. The van der Waals surface area contributed by atoms with Gasteiger partial charge in [0, 0.05) is 18.0 Å². The molecule has 0 aliphatic rings. The van der Waals surface area contributed by atoms with E-state index in [9.17, 15) is 4.79 Å². The molecule has 0 atom stereocenters. The number of ether oxygens (including phenoxy) is 1. The van der Waals surface area contributed by atoms with Gasteiger partial charge in [-0.3, -0.25) is 4.79 Å². The van der Waals surface area contributed by atoms with E-state index in [1.165, 1.54) is 0 Å². The Morgan fingerprint density at radius 3 is 3.07 bits per heavy atom. The van der Waals surface area contributed by atoms with Crippen molar-refractivity contribution in [1.29, 1.82) is 0 Å². The Kier molecular flexibility index (Phi) is 2.78. The number of rotatable bonds is 4. The van der Waals surface area contributed by atoms with E-state index in [1.54, 1.807) is 35.1 Å². The second-order valence-corrected chi connectivity index (χ2v) is 3.01. The molecule has 0 unspecified atom stereocenters. The lowest BCUT2D eigenvalue weighted by molar-refractivity contribution is 0.112. The molecule has 0 saturated carbocycles. The van der Waals surface area contributed by atoms with E-state index in [0.717, 1.165) is 6.29 Å². The maximum Gasteiger partial charge on any atom is 0.180 e. The Morgan fingerprint density at radius 1 is 1.40 bits per heavy atom. The summed E-state index contributed by atoms with van der Waals surface area (Å²) in [5.74, 6) is 0.662. The minimum atomic E-state index is 0.343. The van der Waals surface area contributed by atoms with Gasteiger partial charge in [0.05, 0.1) is 0 Å². The molecule has 2 rings (SSSR count). The van der Waals surface area contributed by atoms with E-state index in [0.29, 0.717) is 18.0 Å². The van der Waals surface area contributed by atoms with Gasteiger partial charge >= 0.3 is 0 Å². The van der Waals surface area contributed by atoms with Crippen LogP contribution in [0.1, 0.15) is 10.4 Å². The maximum absolute atomic E-state index is 10.5. The summed E-state index contributed by atoms with van der Waals surface area (Å²) in [5, 5.41) is 4.00. The van der Waals surface area contributed by atoms with Gasteiger partial charge in [0.2, 0.25) is 0 Å². The Labute approximate surface area is 87.1 Å². The summed E-state index contributed by atoms with van der Waals surface area (Å²) < 4.78 is 7.09. The van der Waals surface area contributed by atoms with Gasteiger partial charge in [0.25, 0.3) is 0 Å². The molecular formula is C11H10N2O2. The highest BCUT2D eigenvalue weighted by molar-refractivity contribution is 5.75. The monoisotopic (exact) mass is 202 g/mol. The molecule has 0 N–H and O–H groups in total. The first kappa shape index (κ1) is 9.45. The van der Waals surface area contributed by atoms with Crippen LogP contribution in [0.4, 0.5) is 0 Å². The molecule has 1 aromatic carbocycles. The first-order valence-corrected chi connectivity index (χ1v) is 4.54. The molecule has 0 amide bonds. The third-order valence-electron chi connectivity index (χ3n) is 1.92. The van der Waals surface area contributed by atoms with Gasteiger partial charge in [-0.15, -0.1) is 0 Å². The van der Waals surface area contributed by atoms with Crippen LogP contribution in [0.15, 0.2) is 42.7 Å². The fourth-order valence-electron chi connectivity index (χ4n) is 1.20. The largest absolute Gasteiger partial charge is 0.471 e. The fraction of sp³-hybridized carbons (Fsp3) is 0.0909. The van der Waals surface area contributed by atoms with E-state index in [2.05, 4.69) is 5.10 Å². The lowest BCUT2D eigenvalue weighted by atomic mass is 10.2. The molecule has 0 radical (unpaired) electrons. The topological polar surface area (TPSA) is 44.1 Å². The van der Waals surface area contributed by atoms with Crippen LogP contribution in [-0.4, -0.2) is 16.1 Å². The third-order valence-corrected chi connectivity index (χ3v) is 1.92. The molecule has 15 heavy (non-hydrogen) atoms. The van der Waals surface area contributed by atoms with Crippen molar-refractivity contribution in [3.05, 3.63) is 48.3 Å². The average molecular weight is 202 g/mol. The molecule has 4 nitrogen and oxygen atoms in total. The Morgan fingerprint density at radius 2 is 2.33 bits per heavy atom. The van der Waals surface area contributed by atoms with Gasteiger partial charge in [-0.05, 0) is 18.2 Å². The molecule has 76 valence electrons. The van der Waals surface area contributed by atoms with E-state index in [-0.39, 0.29) is 0 Å². The normalized spacial score (nSPS) is 9.87. The minimum Gasteiger partial charge on any atom is -0.471 e. The second-order valence-electron chi connectivity index (χ2n) is 3.01. The molecule has 0 aliphatic carbocycles. The predicted octanol–water partition coefficient (Wildman–Crippen LogP) is 1.73. The predicted molar refractivity (Wildman–Crippen MR) is 54.7 cm³/mol. The number of hydrogen-bond donors (Lipinski definition) is 0. The Balaban J connectivity index is 2.01. The highest BCUT2D eigenvalue weighted by atomic mass is 16.5. The Bertz CT molecular complexity index is 438. The molecule has 0 aliphatic heterocycles.